The maximum absolute atomic E-state index is 4.62. The number of piperidine rings is 1. The molecule has 2 aromatic heterocycles. The van der Waals surface area contributed by atoms with Crippen LogP contribution in [0.15, 0.2) is 30.6 Å². The molecule has 3 heterocycles. The maximum Gasteiger partial charge on any atom is 0.0927 e. The minimum absolute atomic E-state index is 0.590. The Morgan fingerprint density at radius 1 is 1.33 bits per heavy atom. The first kappa shape index (κ1) is 11.4. The molecule has 4 heteroatoms. The lowest BCUT2D eigenvalue weighted by atomic mass is 9.95. The van der Waals surface area contributed by atoms with Crippen LogP contribution in [0.2, 0.25) is 0 Å². The van der Waals surface area contributed by atoms with Gasteiger partial charge in [-0.05, 0) is 37.6 Å². The molecule has 0 spiro atoms. The zero-order valence-electron chi connectivity index (χ0n) is 10.6. The average Bonchev–Trinajstić information content (AvgIpc) is 2.83. The summed E-state index contributed by atoms with van der Waals surface area (Å²) in [6.07, 6.45) is 6.13. The molecule has 1 atom stereocenters. The molecular formula is C14H18N4. The summed E-state index contributed by atoms with van der Waals surface area (Å²) < 4.78 is 2.02. The normalized spacial score (nSPS) is 19.9. The van der Waals surface area contributed by atoms with Crippen LogP contribution in [-0.4, -0.2) is 27.9 Å². The monoisotopic (exact) mass is 242 g/mol. The van der Waals surface area contributed by atoms with Crippen molar-refractivity contribution in [3.8, 4) is 11.3 Å². The van der Waals surface area contributed by atoms with Crippen molar-refractivity contribution in [2.24, 2.45) is 7.05 Å². The van der Waals surface area contributed by atoms with Crippen LogP contribution in [0.4, 0.5) is 0 Å². The van der Waals surface area contributed by atoms with E-state index in [0.717, 1.165) is 24.3 Å². The predicted octanol–water partition coefficient (Wildman–Crippen LogP) is 1.95. The van der Waals surface area contributed by atoms with E-state index in [1.54, 1.807) is 0 Å². The van der Waals surface area contributed by atoms with Gasteiger partial charge in [-0.3, -0.25) is 9.67 Å². The maximum atomic E-state index is 4.62. The molecule has 2 aromatic rings. The molecule has 0 aromatic carbocycles. The molecule has 0 radical (unpaired) electrons. The number of hydrogen-bond acceptors (Lipinski definition) is 3. The lowest BCUT2D eigenvalue weighted by Crippen LogP contribution is -2.29. The van der Waals surface area contributed by atoms with Crippen molar-refractivity contribution in [1.82, 2.24) is 20.1 Å². The second-order valence-electron chi connectivity index (χ2n) is 4.86. The van der Waals surface area contributed by atoms with Crippen LogP contribution in [0.3, 0.4) is 0 Å². The topological polar surface area (TPSA) is 42.7 Å². The van der Waals surface area contributed by atoms with Crippen LogP contribution in [0, 0.1) is 0 Å². The van der Waals surface area contributed by atoms with Crippen LogP contribution in [0.25, 0.3) is 11.3 Å². The van der Waals surface area contributed by atoms with Gasteiger partial charge in [0.25, 0.3) is 0 Å². The Labute approximate surface area is 107 Å². The van der Waals surface area contributed by atoms with Crippen LogP contribution in [0.1, 0.15) is 24.5 Å². The highest BCUT2D eigenvalue weighted by Gasteiger charge is 2.19. The van der Waals surface area contributed by atoms with Crippen LogP contribution >= 0.6 is 0 Å². The van der Waals surface area contributed by atoms with E-state index in [4.69, 9.17) is 0 Å². The van der Waals surface area contributed by atoms with E-state index in [-0.39, 0.29) is 0 Å². The molecule has 1 unspecified atom stereocenters. The number of pyridine rings is 1. The van der Waals surface area contributed by atoms with E-state index in [1.165, 1.54) is 18.5 Å². The molecule has 0 aliphatic carbocycles. The van der Waals surface area contributed by atoms with Gasteiger partial charge in [0.2, 0.25) is 0 Å². The SMILES string of the molecule is Cn1nc(-c2ccncc2)cc1C1CCCNC1. The molecule has 4 nitrogen and oxygen atoms in total. The number of aryl methyl sites for hydroxylation is 1. The van der Waals surface area contributed by atoms with Crippen molar-refractivity contribution >= 4 is 0 Å². The second kappa shape index (κ2) is 4.90. The van der Waals surface area contributed by atoms with E-state index in [1.807, 2.05) is 36.3 Å². The molecule has 0 saturated carbocycles. The van der Waals surface area contributed by atoms with Crippen LogP contribution < -0.4 is 5.32 Å². The van der Waals surface area contributed by atoms with Gasteiger partial charge in [-0.1, -0.05) is 0 Å². The van der Waals surface area contributed by atoms with E-state index in [2.05, 4.69) is 21.5 Å². The quantitative estimate of drug-likeness (QED) is 0.875. The minimum Gasteiger partial charge on any atom is -0.316 e. The molecule has 1 N–H and O–H groups in total. The number of rotatable bonds is 2. The average molecular weight is 242 g/mol. The third-order valence-corrected chi connectivity index (χ3v) is 3.61. The molecular weight excluding hydrogens is 224 g/mol. The smallest absolute Gasteiger partial charge is 0.0927 e. The van der Waals surface area contributed by atoms with Crippen molar-refractivity contribution < 1.29 is 0 Å². The molecule has 1 fully saturated rings. The van der Waals surface area contributed by atoms with Crippen molar-refractivity contribution in [3.63, 3.8) is 0 Å². The van der Waals surface area contributed by atoms with Gasteiger partial charge in [-0.25, -0.2) is 0 Å². The number of aromatic nitrogens is 3. The van der Waals surface area contributed by atoms with Gasteiger partial charge < -0.3 is 5.32 Å². The molecule has 0 amide bonds. The fraction of sp³-hybridized carbons (Fsp3) is 0.429. The van der Waals surface area contributed by atoms with E-state index < -0.39 is 0 Å². The summed E-state index contributed by atoms with van der Waals surface area (Å²) in [7, 11) is 2.04. The fourth-order valence-electron chi connectivity index (χ4n) is 2.63. The highest BCUT2D eigenvalue weighted by Crippen LogP contribution is 2.26. The minimum atomic E-state index is 0.590. The Morgan fingerprint density at radius 2 is 2.17 bits per heavy atom. The molecule has 1 aliphatic rings. The summed E-state index contributed by atoms with van der Waals surface area (Å²) in [5.74, 6) is 0.590. The summed E-state index contributed by atoms with van der Waals surface area (Å²) in [5, 5.41) is 8.08. The van der Waals surface area contributed by atoms with E-state index >= 15 is 0 Å². The largest absolute Gasteiger partial charge is 0.316 e. The Kier molecular flexibility index (Phi) is 3.11. The van der Waals surface area contributed by atoms with Crippen molar-refractivity contribution in [1.29, 1.82) is 0 Å². The van der Waals surface area contributed by atoms with Crippen molar-refractivity contribution in [2.75, 3.05) is 13.1 Å². The lowest BCUT2D eigenvalue weighted by molar-refractivity contribution is 0.441. The number of nitrogens with zero attached hydrogens (tertiary/aromatic N) is 3. The zero-order valence-corrected chi connectivity index (χ0v) is 10.6. The van der Waals surface area contributed by atoms with E-state index in [9.17, 15) is 0 Å². The van der Waals surface area contributed by atoms with Crippen LogP contribution in [-0.2, 0) is 7.05 Å². The van der Waals surface area contributed by atoms with Gasteiger partial charge in [-0.2, -0.15) is 5.10 Å². The number of nitrogens with one attached hydrogen (secondary N) is 1. The van der Waals surface area contributed by atoms with Crippen LogP contribution in [0.5, 0.6) is 0 Å². The Bertz CT molecular complexity index is 512. The lowest BCUT2D eigenvalue weighted by Gasteiger charge is -2.22. The van der Waals surface area contributed by atoms with Gasteiger partial charge in [0.05, 0.1) is 5.69 Å². The van der Waals surface area contributed by atoms with Crippen molar-refractivity contribution in [2.45, 2.75) is 18.8 Å². The third-order valence-electron chi connectivity index (χ3n) is 3.61. The van der Waals surface area contributed by atoms with Crippen molar-refractivity contribution in [3.05, 3.63) is 36.3 Å². The Hall–Kier alpha value is -1.68. The van der Waals surface area contributed by atoms with Gasteiger partial charge >= 0.3 is 0 Å². The second-order valence-corrected chi connectivity index (χ2v) is 4.86. The summed E-state index contributed by atoms with van der Waals surface area (Å²) in [6.45, 7) is 2.21. The highest BCUT2D eigenvalue weighted by atomic mass is 15.3. The number of hydrogen-bond donors (Lipinski definition) is 1. The molecule has 1 saturated heterocycles. The Balaban J connectivity index is 1.91. The predicted molar refractivity (Wildman–Crippen MR) is 71.3 cm³/mol. The summed E-state index contributed by atoms with van der Waals surface area (Å²) in [4.78, 5) is 4.05. The molecule has 0 bridgehead atoms. The van der Waals surface area contributed by atoms with Gasteiger partial charge in [0, 0.05) is 43.2 Å². The summed E-state index contributed by atoms with van der Waals surface area (Å²) in [6, 6.07) is 6.23. The standard InChI is InChI=1S/C14H18N4/c1-18-14(12-3-2-6-16-10-12)9-13(17-18)11-4-7-15-8-5-11/h4-5,7-9,12,16H,2-3,6,10H2,1H3. The molecule has 3 rings (SSSR count). The Morgan fingerprint density at radius 3 is 2.89 bits per heavy atom. The zero-order chi connectivity index (χ0) is 12.4. The summed E-state index contributed by atoms with van der Waals surface area (Å²) in [5.41, 5.74) is 3.50. The third kappa shape index (κ3) is 2.16. The first-order valence-electron chi connectivity index (χ1n) is 6.49. The van der Waals surface area contributed by atoms with E-state index in [0.29, 0.717) is 5.92 Å². The molecule has 18 heavy (non-hydrogen) atoms. The summed E-state index contributed by atoms with van der Waals surface area (Å²) >= 11 is 0. The molecule has 94 valence electrons. The highest BCUT2D eigenvalue weighted by molar-refractivity contribution is 5.58. The first-order valence-corrected chi connectivity index (χ1v) is 6.49. The molecule has 1 aliphatic heterocycles. The van der Waals surface area contributed by atoms with Gasteiger partial charge in [-0.15, -0.1) is 0 Å². The van der Waals surface area contributed by atoms with Gasteiger partial charge in [0.15, 0.2) is 0 Å². The van der Waals surface area contributed by atoms with Gasteiger partial charge in [0.1, 0.15) is 0 Å². The fourth-order valence-corrected chi connectivity index (χ4v) is 2.63. The first-order chi connectivity index (χ1) is 8.84.